The number of carbonyl (C=O) groups is 4. The van der Waals surface area contributed by atoms with Gasteiger partial charge in [-0.05, 0) is 35.6 Å². The lowest BCUT2D eigenvalue weighted by atomic mass is 9.92. The lowest BCUT2D eigenvalue weighted by Gasteiger charge is -2.24. The fourth-order valence-corrected chi connectivity index (χ4v) is 3.61. The van der Waals surface area contributed by atoms with Crippen molar-refractivity contribution >= 4 is 34.4 Å². The van der Waals surface area contributed by atoms with Gasteiger partial charge >= 0.3 is 0 Å². The molecule has 2 rings (SSSR count). The van der Waals surface area contributed by atoms with Gasteiger partial charge in [0.15, 0.2) is 0 Å². The summed E-state index contributed by atoms with van der Waals surface area (Å²) in [5.74, 6) is -3.06. The molecule has 2 aromatic carbocycles. The van der Waals surface area contributed by atoms with Gasteiger partial charge in [-0.2, -0.15) is 0 Å². The van der Waals surface area contributed by atoms with Gasteiger partial charge in [0, 0.05) is 18.8 Å². The molecule has 3 atom stereocenters. The average molecular weight is 457 g/mol. The molecular weight excluding hydrogens is 424 g/mol. The topological polar surface area (TPSA) is 151 Å². The molecule has 0 spiro atoms. The van der Waals surface area contributed by atoms with Gasteiger partial charge in [0.1, 0.15) is 12.1 Å². The number of fused-ring (bicyclic) bond motifs is 1. The van der Waals surface area contributed by atoms with Crippen LogP contribution in [0.5, 0.6) is 0 Å². The first kappa shape index (κ1) is 25.8. The number of nitrogens with one attached hydrogen (secondary N) is 3. The Labute approximate surface area is 193 Å². The molecule has 0 bridgehead atoms. The second-order valence-electron chi connectivity index (χ2n) is 8.65. The largest absolute Gasteiger partial charge is 0.368 e. The summed E-state index contributed by atoms with van der Waals surface area (Å²) >= 11 is 0. The molecule has 0 saturated carbocycles. The average Bonchev–Trinajstić information content (AvgIpc) is 2.77. The maximum atomic E-state index is 13.0. The van der Waals surface area contributed by atoms with E-state index in [1.807, 2.05) is 56.3 Å². The van der Waals surface area contributed by atoms with Crippen molar-refractivity contribution in [2.75, 3.05) is 0 Å². The van der Waals surface area contributed by atoms with E-state index in [0.29, 0.717) is 6.42 Å². The van der Waals surface area contributed by atoms with Crippen molar-refractivity contribution in [2.24, 2.45) is 17.6 Å². The molecule has 0 heterocycles. The highest BCUT2D eigenvalue weighted by Crippen LogP contribution is 2.19. The first-order chi connectivity index (χ1) is 15.6. The first-order valence-electron chi connectivity index (χ1n) is 10.9. The van der Waals surface area contributed by atoms with E-state index in [4.69, 9.17) is 10.9 Å². The molecule has 0 radical (unpaired) electrons. The summed E-state index contributed by atoms with van der Waals surface area (Å²) < 4.78 is 0. The lowest BCUT2D eigenvalue weighted by Crippen LogP contribution is -2.54. The van der Waals surface area contributed by atoms with E-state index in [0.717, 1.165) is 16.3 Å². The Kier molecular flexibility index (Phi) is 9.35. The van der Waals surface area contributed by atoms with Crippen LogP contribution in [0.4, 0.5) is 0 Å². The molecule has 0 saturated heterocycles. The SMILES string of the molecule is CC(C)C[C@H](CC(=O)NO)C(=O)NC(Cc1ccc2ccccc2c1)C(=O)NC(C)C(N)=O. The Morgan fingerprint density at radius 3 is 2.21 bits per heavy atom. The van der Waals surface area contributed by atoms with E-state index in [9.17, 15) is 19.2 Å². The van der Waals surface area contributed by atoms with Gasteiger partial charge in [0.25, 0.3) is 0 Å². The maximum absolute atomic E-state index is 13.0. The highest BCUT2D eigenvalue weighted by Gasteiger charge is 2.29. The zero-order valence-corrected chi connectivity index (χ0v) is 19.1. The zero-order valence-electron chi connectivity index (χ0n) is 19.1. The smallest absolute Gasteiger partial charge is 0.244 e. The highest BCUT2D eigenvalue weighted by molar-refractivity contribution is 5.93. The summed E-state index contributed by atoms with van der Waals surface area (Å²) in [5, 5.41) is 16.1. The van der Waals surface area contributed by atoms with Crippen LogP contribution in [0.15, 0.2) is 42.5 Å². The molecular formula is C24H32N4O5. The van der Waals surface area contributed by atoms with Crippen LogP contribution in [0.1, 0.15) is 39.2 Å². The number of rotatable bonds is 11. The third kappa shape index (κ3) is 7.87. The number of primary amides is 1. The van der Waals surface area contributed by atoms with Crippen molar-refractivity contribution in [3.05, 3.63) is 48.0 Å². The number of hydroxylamine groups is 1. The molecule has 2 aromatic rings. The van der Waals surface area contributed by atoms with Crippen LogP contribution >= 0.6 is 0 Å². The minimum atomic E-state index is -0.993. The van der Waals surface area contributed by atoms with Gasteiger partial charge < -0.3 is 16.4 Å². The van der Waals surface area contributed by atoms with Crippen LogP contribution in [0.3, 0.4) is 0 Å². The van der Waals surface area contributed by atoms with E-state index in [-0.39, 0.29) is 18.8 Å². The number of hydrogen-bond acceptors (Lipinski definition) is 5. The maximum Gasteiger partial charge on any atom is 0.244 e. The third-order valence-corrected chi connectivity index (χ3v) is 5.36. The Bertz CT molecular complexity index is 1010. The molecule has 33 heavy (non-hydrogen) atoms. The Morgan fingerprint density at radius 1 is 0.939 bits per heavy atom. The predicted octanol–water partition coefficient (Wildman–Crippen LogP) is 1.41. The van der Waals surface area contributed by atoms with Crippen LogP contribution in [-0.2, 0) is 25.6 Å². The van der Waals surface area contributed by atoms with E-state index in [1.165, 1.54) is 6.92 Å². The second-order valence-corrected chi connectivity index (χ2v) is 8.65. The van der Waals surface area contributed by atoms with Crippen molar-refractivity contribution in [1.82, 2.24) is 16.1 Å². The molecule has 9 heteroatoms. The molecule has 0 aliphatic carbocycles. The van der Waals surface area contributed by atoms with Crippen LogP contribution in [0, 0.1) is 11.8 Å². The Hall–Kier alpha value is -3.46. The molecule has 0 fully saturated rings. The van der Waals surface area contributed by atoms with E-state index in [2.05, 4.69) is 10.6 Å². The highest BCUT2D eigenvalue weighted by atomic mass is 16.5. The molecule has 0 aliphatic rings. The van der Waals surface area contributed by atoms with Gasteiger partial charge in [-0.3, -0.25) is 24.4 Å². The minimum absolute atomic E-state index is 0.106. The number of nitrogens with two attached hydrogens (primary N) is 1. The number of carbonyl (C=O) groups excluding carboxylic acids is 4. The van der Waals surface area contributed by atoms with Gasteiger partial charge in [-0.15, -0.1) is 0 Å². The van der Waals surface area contributed by atoms with E-state index < -0.39 is 41.6 Å². The fraction of sp³-hybridized carbons (Fsp3) is 0.417. The third-order valence-electron chi connectivity index (χ3n) is 5.36. The molecule has 6 N–H and O–H groups in total. The van der Waals surface area contributed by atoms with Crippen LogP contribution in [0.25, 0.3) is 10.8 Å². The summed E-state index contributed by atoms with van der Waals surface area (Å²) in [6.45, 7) is 5.28. The zero-order chi connectivity index (χ0) is 24.5. The van der Waals surface area contributed by atoms with Crippen LogP contribution in [0.2, 0.25) is 0 Å². The van der Waals surface area contributed by atoms with Crippen molar-refractivity contribution < 1.29 is 24.4 Å². The molecule has 2 unspecified atom stereocenters. The van der Waals surface area contributed by atoms with Crippen molar-refractivity contribution in [3.63, 3.8) is 0 Å². The normalized spacial score (nSPS) is 13.7. The first-order valence-corrected chi connectivity index (χ1v) is 10.9. The van der Waals surface area contributed by atoms with Gasteiger partial charge in [0.05, 0.1) is 0 Å². The van der Waals surface area contributed by atoms with Crippen molar-refractivity contribution in [3.8, 4) is 0 Å². The standard InChI is InChI=1S/C24H32N4O5/c1-14(2)10-19(13-21(29)28-33)23(31)27-20(24(32)26-15(3)22(25)30)12-16-8-9-17-6-4-5-7-18(17)11-16/h4-9,11,14-15,19-20,33H,10,12-13H2,1-3H3,(H2,25,30)(H,26,32)(H,27,31)(H,28,29)/t15?,19-,20?/m1/s1. The molecule has 4 amide bonds. The molecule has 0 aromatic heterocycles. The van der Waals surface area contributed by atoms with Crippen molar-refractivity contribution in [1.29, 1.82) is 0 Å². The van der Waals surface area contributed by atoms with E-state index >= 15 is 0 Å². The van der Waals surface area contributed by atoms with Gasteiger partial charge in [0.2, 0.25) is 23.6 Å². The molecule has 9 nitrogen and oxygen atoms in total. The Balaban J connectivity index is 2.27. The van der Waals surface area contributed by atoms with Crippen LogP contribution < -0.4 is 21.8 Å². The Morgan fingerprint density at radius 2 is 1.61 bits per heavy atom. The van der Waals surface area contributed by atoms with Gasteiger partial charge in [-0.1, -0.05) is 56.3 Å². The number of benzene rings is 2. The summed E-state index contributed by atoms with van der Waals surface area (Å²) in [6.07, 6.45) is 0.345. The van der Waals surface area contributed by atoms with E-state index in [1.54, 1.807) is 5.48 Å². The summed E-state index contributed by atoms with van der Waals surface area (Å²) in [5.41, 5.74) is 7.62. The quantitative estimate of drug-likeness (QED) is 0.256. The fourth-order valence-electron chi connectivity index (χ4n) is 3.61. The number of amides is 4. The molecule has 0 aliphatic heterocycles. The molecule has 178 valence electrons. The lowest BCUT2D eigenvalue weighted by molar-refractivity contribution is -0.136. The predicted molar refractivity (Wildman–Crippen MR) is 124 cm³/mol. The second kappa shape index (κ2) is 12.0. The van der Waals surface area contributed by atoms with Gasteiger partial charge in [-0.25, -0.2) is 5.48 Å². The summed E-state index contributed by atoms with van der Waals surface area (Å²) in [6, 6.07) is 11.6. The monoisotopic (exact) mass is 456 g/mol. The summed E-state index contributed by atoms with van der Waals surface area (Å²) in [4.78, 5) is 49.1. The van der Waals surface area contributed by atoms with Crippen molar-refractivity contribution in [2.45, 2.75) is 52.1 Å². The van der Waals surface area contributed by atoms with Crippen LogP contribution in [-0.4, -0.2) is 40.9 Å². The minimum Gasteiger partial charge on any atom is -0.368 e. The number of hydrogen-bond donors (Lipinski definition) is 5. The summed E-state index contributed by atoms with van der Waals surface area (Å²) in [7, 11) is 0.